The molecule has 0 aliphatic rings. The number of ether oxygens (including phenoxy) is 1. The number of nitro groups is 1. The highest BCUT2D eigenvalue weighted by molar-refractivity contribution is 6.08. The SMILES string of the molecule is Cc1ccc(-c2ccnc3c(C(=O)Nc4cc(Oc5cc(C)ccc5C)cc([N+](=O)[O-])c4)cnn23)cc1. The molecular formula is C28H23N5O4. The van der Waals surface area contributed by atoms with Gasteiger partial charge in [-0.2, -0.15) is 5.10 Å². The molecule has 9 nitrogen and oxygen atoms in total. The van der Waals surface area contributed by atoms with Gasteiger partial charge in [0.2, 0.25) is 0 Å². The van der Waals surface area contributed by atoms with E-state index >= 15 is 0 Å². The first kappa shape index (κ1) is 23.7. The number of fused-ring (bicyclic) bond motifs is 1. The summed E-state index contributed by atoms with van der Waals surface area (Å²) in [7, 11) is 0. The van der Waals surface area contributed by atoms with Crippen molar-refractivity contribution in [3.8, 4) is 22.8 Å². The van der Waals surface area contributed by atoms with E-state index in [9.17, 15) is 14.9 Å². The highest BCUT2D eigenvalue weighted by Gasteiger charge is 2.19. The molecule has 9 heteroatoms. The van der Waals surface area contributed by atoms with Crippen LogP contribution in [0.2, 0.25) is 0 Å². The molecule has 1 amide bonds. The van der Waals surface area contributed by atoms with Gasteiger partial charge in [0.05, 0.1) is 28.6 Å². The summed E-state index contributed by atoms with van der Waals surface area (Å²) in [5, 5.41) is 18.7. The van der Waals surface area contributed by atoms with Gasteiger partial charge in [0, 0.05) is 23.9 Å². The van der Waals surface area contributed by atoms with Crippen molar-refractivity contribution in [1.82, 2.24) is 14.6 Å². The first-order valence-electron chi connectivity index (χ1n) is 11.5. The number of nitrogens with zero attached hydrogens (tertiary/aromatic N) is 4. The number of aryl methyl sites for hydroxylation is 3. The minimum absolute atomic E-state index is 0.210. The number of aromatic nitrogens is 3. The number of nitro benzene ring substituents is 1. The van der Waals surface area contributed by atoms with E-state index in [1.165, 1.54) is 18.3 Å². The van der Waals surface area contributed by atoms with E-state index in [-0.39, 0.29) is 22.7 Å². The Hall–Kier alpha value is -5.05. The second-order valence-corrected chi connectivity index (χ2v) is 8.79. The van der Waals surface area contributed by atoms with Crippen molar-refractivity contribution < 1.29 is 14.5 Å². The lowest BCUT2D eigenvalue weighted by Crippen LogP contribution is -2.12. The summed E-state index contributed by atoms with van der Waals surface area (Å²) in [6.07, 6.45) is 3.05. The molecule has 37 heavy (non-hydrogen) atoms. The normalized spacial score (nSPS) is 10.9. The van der Waals surface area contributed by atoms with Gasteiger partial charge in [0.1, 0.15) is 17.1 Å². The van der Waals surface area contributed by atoms with Gasteiger partial charge >= 0.3 is 0 Å². The van der Waals surface area contributed by atoms with Crippen molar-refractivity contribution in [3.63, 3.8) is 0 Å². The molecule has 1 N–H and O–H groups in total. The van der Waals surface area contributed by atoms with Crippen molar-refractivity contribution >= 4 is 22.9 Å². The molecule has 3 aromatic carbocycles. The molecule has 5 aromatic rings. The molecule has 0 saturated carbocycles. The van der Waals surface area contributed by atoms with Crippen molar-refractivity contribution in [1.29, 1.82) is 0 Å². The summed E-state index contributed by atoms with van der Waals surface area (Å²) >= 11 is 0. The summed E-state index contributed by atoms with van der Waals surface area (Å²) in [5.41, 5.74) is 5.32. The van der Waals surface area contributed by atoms with Gasteiger partial charge in [-0.15, -0.1) is 0 Å². The smallest absolute Gasteiger partial charge is 0.275 e. The summed E-state index contributed by atoms with van der Waals surface area (Å²) in [6, 6.07) is 19.6. The monoisotopic (exact) mass is 493 g/mol. The third-order valence-corrected chi connectivity index (χ3v) is 5.92. The standard InChI is InChI=1S/C28H23N5O4/c1-17-5-8-20(9-6-17)25-10-11-29-27-24(16-30-32(25)27)28(34)31-21-13-22(33(35)36)15-23(14-21)37-26-12-18(2)4-7-19(26)3/h4-16H,1-3H3,(H,31,34). The van der Waals surface area contributed by atoms with Crippen molar-refractivity contribution in [2.24, 2.45) is 0 Å². The second-order valence-electron chi connectivity index (χ2n) is 8.79. The Bertz CT molecular complexity index is 1660. The van der Waals surface area contributed by atoms with Crippen LogP contribution < -0.4 is 10.1 Å². The number of nitrogens with one attached hydrogen (secondary N) is 1. The van der Waals surface area contributed by atoms with Crippen LogP contribution in [0.1, 0.15) is 27.0 Å². The molecule has 2 heterocycles. The maximum atomic E-state index is 13.2. The fourth-order valence-electron chi connectivity index (χ4n) is 3.96. The predicted molar refractivity (Wildman–Crippen MR) is 140 cm³/mol. The number of hydrogen-bond donors (Lipinski definition) is 1. The van der Waals surface area contributed by atoms with Gasteiger partial charge in [-0.1, -0.05) is 42.0 Å². The number of non-ortho nitro benzene ring substituents is 1. The molecular weight excluding hydrogens is 470 g/mol. The van der Waals surface area contributed by atoms with Crippen LogP contribution in [-0.2, 0) is 0 Å². The first-order valence-corrected chi connectivity index (χ1v) is 11.5. The van der Waals surface area contributed by atoms with Gasteiger partial charge in [-0.05, 0) is 44.0 Å². The van der Waals surface area contributed by atoms with E-state index < -0.39 is 10.8 Å². The summed E-state index contributed by atoms with van der Waals surface area (Å²) in [4.78, 5) is 28.6. The molecule has 184 valence electrons. The van der Waals surface area contributed by atoms with Crippen LogP contribution in [0.4, 0.5) is 11.4 Å². The van der Waals surface area contributed by atoms with Gasteiger partial charge in [0.25, 0.3) is 11.6 Å². The summed E-state index contributed by atoms with van der Waals surface area (Å²) in [5.74, 6) is 0.313. The van der Waals surface area contributed by atoms with E-state index in [4.69, 9.17) is 4.74 Å². The van der Waals surface area contributed by atoms with Crippen LogP contribution in [0.3, 0.4) is 0 Å². The Morgan fingerprint density at radius 3 is 2.49 bits per heavy atom. The maximum Gasteiger partial charge on any atom is 0.275 e. The topological polar surface area (TPSA) is 112 Å². The highest BCUT2D eigenvalue weighted by Crippen LogP contribution is 2.32. The van der Waals surface area contributed by atoms with Gasteiger partial charge in [-0.25, -0.2) is 9.50 Å². The molecule has 5 rings (SSSR count). The molecule has 0 aliphatic heterocycles. The largest absolute Gasteiger partial charge is 0.457 e. The molecule has 0 fully saturated rings. The Labute approximate surface area is 212 Å². The molecule has 0 radical (unpaired) electrons. The zero-order chi connectivity index (χ0) is 26.1. The average Bonchev–Trinajstić information content (AvgIpc) is 3.31. The Balaban J connectivity index is 1.47. The molecule has 0 atom stereocenters. The van der Waals surface area contributed by atoms with E-state index in [0.29, 0.717) is 11.4 Å². The quantitative estimate of drug-likeness (QED) is 0.220. The number of carbonyl (C=O) groups is 1. The molecule has 0 bridgehead atoms. The van der Waals surface area contributed by atoms with E-state index in [1.54, 1.807) is 16.8 Å². The van der Waals surface area contributed by atoms with E-state index in [1.807, 2.05) is 69.3 Å². The van der Waals surface area contributed by atoms with Crippen LogP contribution in [0, 0.1) is 30.9 Å². The minimum Gasteiger partial charge on any atom is -0.457 e. The third kappa shape index (κ3) is 4.87. The second kappa shape index (κ2) is 9.54. The Kier molecular flexibility index (Phi) is 6.10. The number of rotatable bonds is 6. The Morgan fingerprint density at radius 2 is 1.73 bits per heavy atom. The van der Waals surface area contributed by atoms with Gasteiger partial charge < -0.3 is 10.1 Å². The first-order chi connectivity index (χ1) is 17.8. The van der Waals surface area contributed by atoms with Crippen molar-refractivity contribution in [2.45, 2.75) is 20.8 Å². The minimum atomic E-state index is -0.531. The average molecular weight is 494 g/mol. The number of benzene rings is 3. The number of hydrogen-bond acceptors (Lipinski definition) is 6. The van der Waals surface area contributed by atoms with Crippen LogP contribution >= 0.6 is 0 Å². The van der Waals surface area contributed by atoms with Crippen molar-refractivity contribution in [2.75, 3.05) is 5.32 Å². The lowest BCUT2D eigenvalue weighted by atomic mass is 10.1. The van der Waals surface area contributed by atoms with Crippen LogP contribution in [0.15, 0.2) is 79.1 Å². The van der Waals surface area contributed by atoms with Gasteiger partial charge in [0.15, 0.2) is 5.65 Å². The lowest BCUT2D eigenvalue weighted by Gasteiger charge is -2.11. The summed E-state index contributed by atoms with van der Waals surface area (Å²) < 4.78 is 7.55. The van der Waals surface area contributed by atoms with Crippen molar-refractivity contribution in [3.05, 3.63) is 111 Å². The molecule has 2 aromatic heterocycles. The summed E-state index contributed by atoms with van der Waals surface area (Å²) in [6.45, 7) is 5.83. The van der Waals surface area contributed by atoms with Crippen LogP contribution in [0.25, 0.3) is 16.9 Å². The molecule has 0 spiro atoms. The number of anilines is 1. The maximum absolute atomic E-state index is 13.2. The lowest BCUT2D eigenvalue weighted by molar-refractivity contribution is -0.384. The molecule has 0 aliphatic carbocycles. The molecule has 0 saturated heterocycles. The zero-order valence-corrected chi connectivity index (χ0v) is 20.4. The predicted octanol–water partition coefficient (Wildman–Crippen LogP) is 6.27. The van der Waals surface area contributed by atoms with E-state index in [2.05, 4.69) is 15.4 Å². The van der Waals surface area contributed by atoms with E-state index in [0.717, 1.165) is 27.9 Å². The zero-order valence-electron chi connectivity index (χ0n) is 20.4. The molecule has 0 unspecified atom stereocenters. The van der Waals surface area contributed by atoms with Crippen LogP contribution in [-0.4, -0.2) is 25.4 Å². The Morgan fingerprint density at radius 1 is 0.973 bits per heavy atom. The van der Waals surface area contributed by atoms with Crippen LogP contribution in [0.5, 0.6) is 11.5 Å². The number of carbonyl (C=O) groups excluding carboxylic acids is 1. The fraction of sp³-hybridized carbons (Fsp3) is 0.107. The highest BCUT2D eigenvalue weighted by atomic mass is 16.6. The number of amides is 1. The fourth-order valence-corrected chi connectivity index (χ4v) is 3.96. The third-order valence-electron chi connectivity index (χ3n) is 5.92. The van der Waals surface area contributed by atoms with Gasteiger partial charge in [-0.3, -0.25) is 14.9 Å².